The lowest BCUT2D eigenvalue weighted by atomic mass is 10.2. The molecule has 2 heterocycles. The van der Waals surface area contributed by atoms with Crippen molar-refractivity contribution in [1.29, 1.82) is 0 Å². The van der Waals surface area contributed by atoms with Crippen LogP contribution in [0, 0.1) is 0 Å². The summed E-state index contributed by atoms with van der Waals surface area (Å²) in [6.45, 7) is 6.61. The molecular weight excluding hydrogens is 354 g/mol. The predicted molar refractivity (Wildman–Crippen MR) is 107 cm³/mol. The van der Waals surface area contributed by atoms with Crippen LogP contribution in [-0.2, 0) is 0 Å². The molecule has 0 saturated carbocycles. The van der Waals surface area contributed by atoms with Crippen molar-refractivity contribution in [3.63, 3.8) is 0 Å². The fourth-order valence-electron chi connectivity index (χ4n) is 3.09. The summed E-state index contributed by atoms with van der Waals surface area (Å²) in [5.41, 5.74) is 2.28. The molecular formula is C19H20ClN3OS. The monoisotopic (exact) mass is 373 g/mol. The van der Waals surface area contributed by atoms with Crippen molar-refractivity contribution < 1.29 is 4.74 Å². The van der Waals surface area contributed by atoms with E-state index in [0.29, 0.717) is 6.61 Å². The summed E-state index contributed by atoms with van der Waals surface area (Å²) in [7, 11) is 0. The molecule has 130 valence electrons. The minimum absolute atomic E-state index is 0.684. The van der Waals surface area contributed by atoms with Gasteiger partial charge in [-0.1, -0.05) is 22.9 Å². The fraction of sp³-hybridized carbons (Fsp3) is 0.316. The maximum Gasteiger partial charge on any atom is 0.186 e. The number of nitrogens with zero attached hydrogens (tertiary/aromatic N) is 3. The molecule has 0 unspecified atom stereocenters. The van der Waals surface area contributed by atoms with Crippen molar-refractivity contribution in [2.45, 2.75) is 6.92 Å². The molecule has 0 atom stereocenters. The molecule has 1 fully saturated rings. The molecule has 4 nitrogen and oxygen atoms in total. The molecule has 1 aromatic heterocycles. The molecule has 0 spiro atoms. The van der Waals surface area contributed by atoms with Crippen molar-refractivity contribution in [2.24, 2.45) is 0 Å². The van der Waals surface area contributed by atoms with Crippen LogP contribution in [0.15, 0.2) is 42.5 Å². The quantitative estimate of drug-likeness (QED) is 0.664. The number of rotatable bonds is 4. The molecule has 0 aliphatic carbocycles. The third-order valence-corrected chi connectivity index (χ3v) is 5.73. The molecule has 2 aromatic carbocycles. The van der Waals surface area contributed by atoms with Crippen LogP contribution in [0.4, 0.5) is 10.8 Å². The average Bonchev–Trinajstić information content (AvgIpc) is 3.06. The van der Waals surface area contributed by atoms with E-state index in [1.807, 2.05) is 31.2 Å². The molecule has 0 bridgehead atoms. The maximum atomic E-state index is 5.98. The maximum absolute atomic E-state index is 5.98. The molecule has 25 heavy (non-hydrogen) atoms. The van der Waals surface area contributed by atoms with E-state index in [4.69, 9.17) is 21.3 Å². The zero-order valence-electron chi connectivity index (χ0n) is 14.1. The summed E-state index contributed by atoms with van der Waals surface area (Å²) in [5, 5.41) is 1.88. The van der Waals surface area contributed by atoms with Crippen LogP contribution in [0.2, 0.25) is 5.02 Å². The molecule has 4 rings (SSSR count). The van der Waals surface area contributed by atoms with Gasteiger partial charge < -0.3 is 14.5 Å². The smallest absolute Gasteiger partial charge is 0.186 e. The normalized spacial score (nSPS) is 15.0. The highest BCUT2D eigenvalue weighted by atomic mass is 35.5. The second kappa shape index (κ2) is 7.10. The Labute approximate surface area is 156 Å². The van der Waals surface area contributed by atoms with Crippen LogP contribution in [0.5, 0.6) is 5.75 Å². The standard InChI is InChI=1S/C19H20ClN3OS/c1-2-24-16-7-8-17-18(13-16)25-19(21-17)23-11-9-22(10-12-23)15-5-3-14(20)4-6-15/h3-8,13H,2,9-12H2,1H3. The van der Waals surface area contributed by atoms with Crippen LogP contribution in [0.1, 0.15) is 6.92 Å². The van der Waals surface area contributed by atoms with Gasteiger partial charge in [-0.25, -0.2) is 4.98 Å². The van der Waals surface area contributed by atoms with E-state index in [1.165, 1.54) is 10.4 Å². The van der Waals surface area contributed by atoms with Gasteiger partial charge in [0.2, 0.25) is 0 Å². The highest BCUT2D eigenvalue weighted by Gasteiger charge is 2.20. The topological polar surface area (TPSA) is 28.6 Å². The summed E-state index contributed by atoms with van der Waals surface area (Å²) in [4.78, 5) is 9.57. The highest BCUT2D eigenvalue weighted by molar-refractivity contribution is 7.22. The third kappa shape index (κ3) is 3.53. The average molecular weight is 374 g/mol. The first-order valence-electron chi connectivity index (χ1n) is 8.52. The number of halogens is 1. The van der Waals surface area contributed by atoms with Crippen molar-refractivity contribution in [3.8, 4) is 5.75 Å². The third-order valence-electron chi connectivity index (χ3n) is 4.40. The van der Waals surface area contributed by atoms with Gasteiger partial charge in [-0.05, 0) is 49.4 Å². The molecule has 1 aliphatic rings. The first-order valence-corrected chi connectivity index (χ1v) is 9.71. The molecule has 3 aromatic rings. The van der Waals surface area contributed by atoms with Gasteiger partial charge in [-0.2, -0.15) is 0 Å². The Kier molecular flexibility index (Phi) is 4.68. The second-order valence-corrected chi connectivity index (χ2v) is 7.46. The first kappa shape index (κ1) is 16.5. The molecule has 0 radical (unpaired) electrons. The van der Waals surface area contributed by atoms with Crippen molar-refractivity contribution in [2.75, 3.05) is 42.6 Å². The Morgan fingerprint density at radius 3 is 2.48 bits per heavy atom. The number of hydrogen-bond acceptors (Lipinski definition) is 5. The van der Waals surface area contributed by atoms with Crippen LogP contribution < -0.4 is 14.5 Å². The minimum atomic E-state index is 0.684. The second-order valence-electron chi connectivity index (χ2n) is 6.01. The van der Waals surface area contributed by atoms with Gasteiger partial charge >= 0.3 is 0 Å². The van der Waals surface area contributed by atoms with E-state index in [1.54, 1.807) is 11.3 Å². The van der Waals surface area contributed by atoms with E-state index in [-0.39, 0.29) is 0 Å². The van der Waals surface area contributed by atoms with Crippen LogP contribution in [0.3, 0.4) is 0 Å². The highest BCUT2D eigenvalue weighted by Crippen LogP contribution is 2.32. The minimum Gasteiger partial charge on any atom is -0.494 e. The molecule has 1 saturated heterocycles. The predicted octanol–water partition coefficient (Wildman–Crippen LogP) is 4.68. The molecule has 6 heteroatoms. The lowest BCUT2D eigenvalue weighted by Crippen LogP contribution is -2.46. The van der Waals surface area contributed by atoms with E-state index in [2.05, 4.69) is 28.0 Å². The number of aromatic nitrogens is 1. The van der Waals surface area contributed by atoms with E-state index >= 15 is 0 Å². The molecule has 0 amide bonds. The Morgan fingerprint density at radius 1 is 1.04 bits per heavy atom. The summed E-state index contributed by atoms with van der Waals surface area (Å²) in [5.74, 6) is 0.915. The number of fused-ring (bicyclic) bond motifs is 1. The summed E-state index contributed by atoms with van der Waals surface area (Å²) >= 11 is 7.72. The largest absolute Gasteiger partial charge is 0.494 e. The Morgan fingerprint density at radius 2 is 1.76 bits per heavy atom. The summed E-state index contributed by atoms with van der Waals surface area (Å²) < 4.78 is 6.77. The number of benzene rings is 2. The van der Waals surface area contributed by atoms with Gasteiger partial charge in [0.15, 0.2) is 5.13 Å². The Hall–Kier alpha value is -1.98. The van der Waals surface area contributed by atoms with Gasteiger partial charge in [0.25, 0.3) is 0 Å². The van der Waals surface area contributed by atoms with E-state index in [9.17, 15) is 0 Å². The number of thiazole rings is 1. The molecule has 0 N–H and O–H groups in total. The lowest BCUT2D eigenvalue weighted by Gasteiger charge is -2.36. The SMILES string of the molecule is CCOc1ccc2nc(N3CCN(c4ccc(Cl)cc4)CC3)sc2c1. The lowest BCUT2D eigenvalue weighted by molar-refractivity contribution is 0.341. The summed E-state index contributed by atoms with van der Waals surface area (Å²) in [6, 6.07) is 14.2. The van der Waals surface area contributed by atoms with Crippen molar-refractivity contribution in [3.05, 3.63) is 47.5 Å². The van der Waals surface area contributed by atoms with Crippen molar-refractivity contribution in [1.82, 2.24) is 4.98 Å². The van der Waals surface area contributed by atoms with Crippen LogP contribution >= 0.6 is 22.9 Å². The van der Waals surface area contributed by atoms with Gasteiger partial charge in [0, 0.05) is 36.9 Å². The Bertz CT molecular complexity index is 857. The zero-order valence-corrected chi connectivity index (χ0v) is 15.7. The van der Waals surface area contributed by atoms with Crippen LogP contribution in [-0.4, -0.2) is 37.8 Å². The van der Waals surface area contributed by atoms with E-state index < -0.39 is 0 Å². The van der Waals surface area contributed by atoms with E-state index in [0.717, 1.165) is 47.6 Å². The van der Waals surface area contributed by atoms with Gasteiger partial charge in [0.1, 0.15) is 5.75 Å². The van der Waals surface area contributed by atoms with Crippen molar-refractivity contribution >= 4 is 44.0 Å². The Balaban J connectivity index is 1.46. The fourth-order valence-corrected chi connectivity index (χ4v) is 4.26. The number of ether oxygens (including phenoxy) is 1. The summed E-state index contributed by atoms with van der Waals surface area (Å²) in [6.07, 6.45) is 0. The zero-order chi connectivity index (χ0) is 17.2. The number of hydrogen-bond donors (Lipinski definition) is 0. The van der Waals surface area contributed by atoms with Gasteiger partial charge in [-0.15, -0.1) is 0 Å². The first-order chi connectivity index (χ1) is 12.2. The van der Waals surface area contributed by atoms with Gasteiger partial charge in [-0.3, -0.25) is 0 Å². The van der Waals surface area contributed by atoms with Gasteiger partial charge in [0.05, 0.1) is 16.8 Å². The number of anilines is 2. The van der Waals surface area contributed by atoms with Crippen LogP contribution in [0.25, 0.3) is 10.2 Å². The molecule has 1 aliphatic heterocycles. The number of piperazine rings is 1.